The predicted molar refractivity (Wildman–Crippen MR) is 79.9 cm³/mol. The van der Waals surface area contributed by atoms with E-state index in [1.807, 2.05) is 37.3 Å². The molecule has 1 aromatic heterocycles. The largest absolute Gasteiger partial charge is 0.478 e. The van der Waals surface area contributed by atoms with Crippen molar-refractivity contribution in [3.8, 4) is 11.6 Å². The van der Waals surface area contributed by atoms with E-state index in [1.54, 1.807) is 6.20 Å². The Morgan fingerprint density at radius 2 is 2.15 bits per heavy atom. The summed E-state index contributed by atoms with van der Waals surface area (Å²) in [6.45, 7) is 1.86. The number of aliphatic carboxylic acids is 1. The van der Waals surface area contributed by atoms with Crippen molar-refractivity contribution < 1.29 is 14.6 Å². The van der Waals surface area contributed by atoms with E-state index in [4.69, 9.17) is 9.84 Å². The highest BCUT2D eigenvalue weighted by Crippen LogP contribution is 2.29. The van der Waals surface area contributed by atoms with Gasteiger partial charge in [-0.15, -0.1) is 0 Å². The molecule has 20 heavy (non-hydrogen) atoms. The highest BCUT2D eigenvalue weighted by molar-refractivity contribution is 9.10. The first kappa shape index (κ1) is 14.3. The molecule has 1 heterocycles. The van der Waals surface area contributed by atoms with Crippen molar-refractivity contribution in [1.29, 1.82) is 0 Å². The minimum Gasteiger partial charge on any atom is -0.478 e. The van der Waals surface area contributed by atoms with Crippen molar-refractivity contribution in [3.63, 3.8) is 0 Å². The van der Waals surface area contributed by atoms with E-state index in [2.05, 4.69) is 20.9 Å². The minimum absolute atomic E-state index is 0.490. The summed E-state index contributed by atoms with van der Waals surface area (Å²) in [5, 5.41) is 8.59. The smallest absolute Gasteiger partial charge is 0.328 e. The first-order chi connectivity index (χ1) is 9.56. The molecule has 0 fully saturated rings. The van der Waals surface area contributed by atoms with Gasteiger partial charge in [0.25, 0.3) is 0 Å². The zero-order chi connectivity index (χ0) is 14.5. The molecule has 4 nitrogen and oxygen atoms in total. The number of hydrogen-bond donors (Lipinski definition) is 1. The van der Waals surface area contributed by atoms with Crippen LogP contribution in [-0.4, -0.2) is 16.1 Å². The second-order valence-electron chi connectivity index (χ2n) is 4.09. The van der Waals surface area contributed by atoms with Crippen molar-refractivity contribution in [2.75, 3.05) is 0 Å². The molecule has 0 saturated carbocycles. The van der Waals surface area contributed by atoms with Gasteiger partial charge in [-0.3, -0.25) is 0 Å². The van der Waals surface area contributed by atoms with Crippen LogP contribution in [-0.2, 0) is 4.79 Å². The van der Waals surface area contributed by atoms with Crippen molar-refractivity contribution in [1.82, 2.24) is 4.98 Å². The maximum atomic E-state index is 10.5. The fourth-order valence-electron chi connectivity index (χ4n) is 1.58. The van der Waals surface area contributed by atoms with Gasteiger partial charge < -0.3 is 9.84 Å². The van der Waals surface area contributed by atoms with Gasteiger partial charge in [-0.1, -0.05) is 12.1 Å². The lowest BCUT2D eigenvalue weighted by molar-refractivity contribution is -0.131. The SMILES string of the molecule is Cc1cc(/C=C/C(=O)O)cnc1Oc1ccccc1Br. The number of carboxylic acids is 1. The Morgan fingerprint density at radius 3 is 2.80 bits per heavy atom. The van der Waals surface area contributed by atoms with Crippen LogP contribution in [0.5, 0.6) is 11.6 Å². The summed E-state index contributed by atoms with van der Waals surface area (Å²) in [6.07, 6.45) is 4.13. The molecule has 2 rings (SSSR count). The van der Waals surface area contributed by atoms with Crippen molar-refractivity contribution >= 4 is 28.0 Å². The van der Waals surface area contributed by atoms with Crippen LogP contribution in [0, 0.1) is 6.92 Å². The summed E-state index contributed by atoms with van der Waals surface area (Å²) in [4.78, 5) is 14.7. The number of carboxylic acid groups (broad SMARTS) is 1. The number of benzene rings is 1. The molecule has 0 aliphatic rings. The first-order valence-electron chi connectivity index (χ1n) is 5.86. The average Bonchev–Trinajstić information content (AvgIpc) is 2.41. The molecule has 0 unspecified atom stereocenters. The van der Waals surface area contributed by atoms with E-state index in [1.165, 1.54) is 6.08 Å². The summed E-state index contributed by atoms with van der Waals surface area (Å²) in [6, 6.07) is 9.31. The Hall–Kier alpha value is -2.14. The Bertz CT molecular complexity index is 668. The number of hydrogen-bond acceptors (Lipinski definition) is 3. The zero-order valence-electron chi connectivity index (χ0n) is 10.7. The summed E-state index contributed by atoms with van der Waals surface area (Å²) >= 11 is 3.40. The number of aryl methyl sites for hydroxylation is 1. The topological polar surface area (TPSA) is 59.4 Å². The van der Waals surface area contributed by atoms with Crippen LogP contribution in [0.4, 0.5) is 0 Å². The molecule has 0 atom stereocenters. The monoisotopic (exact) mass is 333 g/mol. The standard InChI is InChI=1S/C15H12BrNO3/c1-10-8-11(6-7-14(18)19)9-17-15(10)20-13-5-3-2-4-12(13)16/h2-9H,1H3,(H,18,19)/b7-6+. The van der Waals surface area contributed by atoms with Gasteiger partial charge in [0.15, 0.2) is 0 Å². The van der Waals surface area contributed by atoms with Crippen molar-refractivity contribution in [2.24, 2.45) is 0 Å². The van der Waals surface area contributed by atoms with Gasteiger partial charge in [0.05, 0.1) is 4.47 Å². The predicted octanol–water partition coefficient (Wildman–Crippen LogP) is 4.04. The quantitative estimate of drug-likeness (QED) is 0.857. The van der Waals surface area contributed by atoms with Crippen LogP contribution < -0.4 is 4.74 Å². The fraction of sp³-hybridized carbons (Fsp3) is 0.0667. The molecule has 1 aromatic carbocycles. The fourth-order valence-corrected chi connectivity index (χ4v) is 1.95. The number of ether oxygens (including phenoxy) is 1. The molecule has 2 aromatic rings. The highest BCUT2D eigenvalue weighted by Gasteiger charge is 2.06. The zero-order valence-corrected chi connectivity index (χ0v) is 12.3. The van der Waals surface area contributed by atoms with Crippen LogP contribution in [0.25, 0.3) is 6.08 Å². The molecular weight excluding hydrogens is 322 g/mol. The van der Waals surface area contributed by atoms with Crippen molar-refractivity contribution in [2.45, 2.75) is 6.92 Å². The molecule has 0 aliphatic carbocycles. The van der Waals surface area contributed by atoms with E-state index in [0.29, 0.717) is 17.2 Å². The Balaban J connectivity index is 2.22. The number of aromatic nitrogens is 1. The van der Waals surface area contributed by atoms with Crippen LogP contribution in [0.15, 0.2) is 47.1 Å². The first-order valence-corrected chi connectivity index (χ1v) is 6.65. The second kappa shape index (κ2) is 6.34. The summed E-state index contributed by atoms with van der Waals surface area (Å²) in [7, 11) is 0. The number of nitrogens with zero attached hydrogens (tertiary/aromatic N) is 1. The van der Waals surface area contributed by atoms with Crippen LogP contribution in [0.3, 0.4) is 0 Å². The molecule has 0 spiro atoms. The van der Waals surface area contributed by atoms with Gasteiger partial charge in [0.1, 0.15) is 5.75 Å². The van der Waals surface area contributed by atoms with E-state index in [-0.39, 0.29) is 0 Å². The number of halogens is 1. The minimum atomic E-state index is -0.990. The lowest BCUT2D eigenvalue weighted by atomic mass is 10.2. The Morgan fingerprint density at radius 1 is 1.40 bits per heavy atom. The van der Waals surface area contributed by atoms with E-state index in [0.717, 1.165) is 16.1 Å². The molecule has 0 aliphatic heterocycles. The Labute approximate surface area is 124 Å². The molecule has 5 heteroatoms. The van der Waals surface area contributed by atoms with E-state index >= 15 is 0 Å². The van der Waals surface area contributed by atoms with Gasteiger partial charge in [-0.05, 0) is 52.7 Å². The van der Waals surface area contributed by atoms with E-state index < -0.39 is 5.97 Å². The number of rotatable bonds is 4. The Kier molecular flexibility index (Phi) is 4.53. The van der Waals surface area contributed by atoms with Gasteiger partial charge in [0, 0.05) is 17.8 Å². The van der Waals surface area contributed by atoms with Gasteiger partial charge in [-0.25, -0.2) is 9.78 Å². The molecular formula is C15H12BrNO3. The maximum absolute atomic E-state index is 10.5. The molecule has 0 radical (unpaired) electrons. The van der Waals surface area contributed by atoms with Gasteiger partial charge >= 0.3 is 5.97 Å². The van der Waals surface area contributed by atoms with Gasteiger partial charge in [0.2, 0.25) is 5.88 Å². The van der Waals surface area contributed by atoms with Crippen LogP contribution in [0.1, 0.15) is 11.1 Å². The molecule has 102 valence electrons. The summed E-state index contributed by atoms with van der Waals surface area (Å²) in [5.41, 5.74) is 1.54. The summed E-state index contributed by atoms with van der Waals surface area (Å²) < 4.78 is 6.57. The molecule has 1 N–H and O–H groups in total. The normalized spacial score (nSPS) is 10.7. The third-order valence-corrected chi connectivity index (χ3v) is 3.17. The van der Waals surface area contributed by atoms with Crippen LogP contribution in [0.2, 0.25) is 0 Å². The van der Waals surface area contributed by atoms with Gasteiger partial charge in [-0.2, -0.15) is 0 Å². The lowest BCUT2D eigenvalue weighted by Crippen LogP contribution is -1.93. The maximum Gasteiger partial charge on any atom is 0.328 e. The average molecular weight is 334 g/mol. The second-order valence-corrected chi connectivity index (χ2v) is 4.95. The van der Waals surface area contributed by atoms with Crippen molar-refractivity contribution in [3.05, 3.63) is 58.2 Å². The third kappa shape index (κ3) is 3.68. The number of carbonyl (C=O) groups is 1. The lowest BCUT2D eigenvalue weighted by Gasteiger charge is -2.09. The molecule has 0 bridgehead atoms. The number of para-hydroxylation sites is 1. The van der Waals surface area contributed by atoms with E-state index in [9.17, 15) is 4.79 Å². The van der Waals surface area contributed by atoms with Crippen LogP contribution >= 0.6 is 15.9 Å². The third-order valence-electron chi connectivity index (χ3n) is 2.51. The molecule has 0 saturated heterocycles. The summed E-state index contributed by atoms with van der Waals surface area (Å²) in [5.74, 6) is 0.178. The molecule has 0 amide bonds. The number of pyridine rings is 1. The highest BCUT2D eigenvalue weighted by atomic mass is 79.9.